The molecule has 2 aromatic rings. The molecule has 0 spiro atoms. The van der Waals surface area contributed by atoms with E-state index >= 15 is 0 Å². The Morgan fingerprint density at radius 3 is 3.00 bits per heavy atom. The highest BCUT2D eigenvalue weighted by atomic mass is 16.1. The highest BCUT2D eigenvalue weighted by Crippen LogP contribution is 2.09. The normalized spacial score (nSPS) is 17.8. The number of rotatable bonds is 5. The average molecular weight is 284 g/mol. The van der Waals surface area contributed by atoms with Gasteiger partial charge in [-0.25, -0.2) is 4.68 Å². The summed E-state index contributed by atoms with van der Waals surface area (Å²) >= 11 is 0. The molecule has 2 heterocycles. The molecule has 0 saturated carbocycles. The molecule has 21 heavy (non-hydrogen) atoms. The van der Waals surface area contributed by atoms with E-state index in [4.69, 9.17) is 0 Å². The molecule has 1 saturated heterocycles. The molecule has 5 heteroatoms. The molecule has 0 unspecified atom stereocenters. The van der Waals surface area contributed by atoms with Gasteiger partial charge in [0.15, 0.2) is 0 Å². The van der Waals surface area contributed by atoms with Crippen molar-refractivity contribution < 1.29 is 4.79 Å². The maximum atomic E-state index is 12.1. The van der Waals surface area contributed by atoms with E-state index in [1.165, 1.54) is 12.8 Å². The fourth-order valence-corrected chi connectivity index (χ4v) is 2.63. The van der Waals surface area contributed by atoms with Crippen molar-refractivity contribution in [2.24, 2.45) is 0 Å². The summed E-state index contributed by atoms with van der Waals surface area (Å²) in [6.07, 6.45) is 6.80. The molecule has 1 amide bonds. The summed E-state index contributed by atoms with van der Waals surface area (Å²) in [5.41, 5.74) is 1.55. The van der Waals surface area contributed by atoms with Crippen molar-refractivity contribution in [2.45, 2.75) is 25.3 Å². The second-order valence-corrected chi connectivity index (χ2v) is 5.35. The molecule has 0 radical (unpaired) electrons. The average Bonchev–Trinajstić information content (AvgIpc) is 3.20. The lowest BCUT2D eigenvalue weighted by atomic mass is 10.1. The summed E-state index contributed by atoms with van der Waals surface area (Å²) in [6, 6.07) is 10.3. The second-order valence-electron chi connectivity index (χ2n) is 5.35. The van der Waals surface area contributed by atoms with E-state index in [1.807, 2.05) is 30.3 Å². The minimum absolute atomic E-state index is 0.0600. The van der Waals surface area contributed by atoms with Crippen molar-refractivity contribution in [1.29, 1.82) is 0 Å². The van der Waals surface area contributed by atoms with Gasteiger partial charge >= 0.3 is 0 Å². The van der Waals surface area contributed by atoms with Gasteiger partial charge in [0.05, 0.1) is 17.4 Å². The number of amides is 1. The number of benzene rings is 1. The molecule has 1 aliphatic heterocycles. The number of nitrogens with zero attached hydrogens (tertiary/aromatic N) is 2. The van der Waals surface area contributed by atoms with Crippen LogP contribution in [0.15, 0.2) is 42.7 Å². The Hall–Kier alpha value is -2.14. The Morgan fingerprint density at radius 1 is 1.38 bits per heavy atom. The minimum Gasteiger partial charge on any atom is -0.352 e. The summed E-state index contributed by atoms with van der Waals surface area (Å²) in [7, 11) is 0. The largest absolute Gasteiger partial charge is 0.352 e. The van der Waals surface area contributed by atoms with Crippen LogP contribution in [0.1, 0.15) is 29.6 Å². The molecule has 110 valence electrons. The molecule has 3 rings (SSSR count). The molecule has 0 bridgehead atoms. The van der Waals surface area contributed by atoms with Crippen molar-refractivity contribution in [2.75, 3.05) is 13.1 Å². The van der Waals surface area contributed by atoms with Gasteiger partial charge in [0.25, 0.3) is 5.91 Å². The molecule has 1 aliphatic rings. The fourth-order valence-electron chi connectivity index (χ4n) is 2.63. The lowest BCUT2D eigenvalue weighted by molar-refractivity contribution is 0.0952. The van der Waals surface area contributed by atoms with Crippen molar-refractivity contribution >= 4 is 5.91 Å². The zero-order valence-electron chi connectivity index (χ0n) is 12.0. The van der Waals surface area contributed by atoms with Gasteiger partial charge in [-0.15, -0.1) is 0 Å². The molecule has 1 aromatic carbocycles. The quantitative estimate of drug-likeness (QED) is 0.879. The maximum absolute atomic E-state index is 12.1. The Balaban J connectivity index is 1.54. The fraction of sp³-hybridized carbons (Fsp3) is 0.375. The Labute approximate surface area is 124 Å². The highest BCUT2D eigenvalue weighted by molar-refractivity contribution is 5.93. The van der Waals surface area contributed by atoms with Gasteiger partial charge in [-0.1, -0.05) is 18.2 Å². The SMILES string of the molecule is O=C(NCC[C@@H]1CCCN1)c1cnn(-c2ccccc2)c1. The molecular weight excluding hydrogens is 264 g/mol. The number of hydrogen-bond acceptors (Lipinski definition) is 3. The third kappa shape index (κ3) is 3.49. The number of aromatic nitrogens is 2. The van der Waals surface area contributed by atoms with Crippen molar-refractivity contribution in [3.8, 4) is 5.69 Å². The standard InChI is InChI=1S/C16H20N4O/c21-16(18-10-8-14-5-4-9-17-14)13-11-19-20(12-13)15-6-2-1-3-7-15/h1-3,6-7,11-12,14,17H,4-5,8-10H2,(H,18,21)/t14-/m0/s1. The van der Waals surface area contributed by atoms with Crippen LogP contribution in [0.25, 0.3) is 5.69 Å². The number of para-hydroxylation sites is 1. The summed E-state index contributed by atoms with van der Waals surface area (Å²) in [5, 5.41) is 10.6. The first-order valence-electron chi connectivity index (χ1n) is 7.44. The predicted octanol–water partition coefficient (Wildman–Crippen LogP) is 1.74. The van der Waals surface area contributed by atoms with Crippen molar-refractivity contribution in [3.63, 3.8) is 0 Å². The molecule has 0 aliphatic carbocycles. The van der Waals surface area contributed by atoms with E-state index in [0.29, 0.717) is 18.2 Å². The minimum atomic E-state index is -0.0600. The van der Waals surface area contributed by atoms with Crippen LogP contribution in [0.2, 0.25) is 0 Å². The Morgan fingerprint density at radius 2 is 2.24 bits per heavy atom. The number of carbonyl (C=O) groups excluding carboxylic acids is 1. The topological polar surface area (TPSA) is 59.0 Å². The van der Waals surface area contributed by atoms with Crippen LogP contribution in [0.4, 0.5) is 0 Å². The first-order chi connectivity index (χ1) is 10.3. The number of carbonyl (C=O) groups is 1. The van der Waals surface area contributed by atoms with E-state index in [1.54, 1.807) is 17.1 Å². The van der Waals surface area contributed by atoms with Gasteiger partial charge in [-0.3, -0.25) is 4.79 Å². The molecular formula is C16H20N4O. The third-order valence-corrected chi connectivity index (χ3v) is 3.81. The summed E-state index contributed by atoms with van der Waals surface area (Å²) in [4.78, 5) is 12.1. The van der Waals surface area contributed by atoms with Crippen molar-refractivity contribution in [1.82, 2.24) is 20.4 Å². The smallest absolute Gasteiger partial charge is 0.254 e. The van der Waals surface area contributed by atoms with Crippen LogP contribution < -0.4 is 10.6 Å². The molecule has 1 fully saturated rings. The number of hydrogen-bond donors (Lipinski definition) is 2. The highest BCUT2D eigenvalue weighted by Gasteiger charge is 2.14. The van der Waals surface area contributed by atoms with E-state index in [9.17, 15) is 4.79 Å². The molecule has 1 atom stereocenters. The van der Waals surface area contributed by atoms with Gasteiger partial charge in [0.2, 0.25) is 0 Å². The lowest BCUT2D eigenvalue weighted by Gasteiger charge is -2.10. The van der Waals surface area contributed by atoms with Gasteiger partial charge in [0, 0.05) is 18.8 Å². The second kappa shape index (κ2) is 6.54. The monoisotopic (exact) mass is 284 g/mol. The van der Waals surface area contributed by atoms with Crippen LogP contribution in [0.3, 0.4) is 0 Å². The van der Waals surface area contributed by atoms with Gasteiger partial charge in [-0.05, 0) is 37.9 Å². The van der Waals surface area contributed by atoms with Crippen LogP contribution in [0.5, 0.6) is 0 Å². The van der Waals surface area contributed by atoms with Crippen LogP contribution in [-0.2, 0) is 0 Å². The van der Waals surface area contributed by atoms with Crippen LogP contribution in [-0.4, -0.2) is 34.8 Å². The van der Waals surface area contributed by atoms with E-state index < -0.39 is 0 Å². The maximum Gasteiger partial charge on any atom is 0.254 e. The van der Waals surface area contributed by atoms with Crippen molar-refractivity contribution in [3.05, 3.63) is 48.3 Å². The molecule has 5 nitrogen and oxygen atoms in total. The van der Waals surface area contributed by atoms with Gasteiger partial charge in [0.1, 0.15) is 0 Å². The predicted molar refractivity (Wildman–Crippen MR) is 81.5 cm³/mol. The lowest BCUT2D eigenvalue weighted by Crippen LogP contribution is -2.30. The summed E-state index contributed by atoms with van der Waals surface area (Å²) < 4.78 is 1.72. The van der Waals surface area contributed by atoms with E-state index in [-0.39, 0.29) is 5.91 Å². The first-order valence-corrected chi connectivity index (χ1v) is 7.44. The van der Waals surface area contributed by atoms with Crippen LogP contribution >= 0.6 is 0 Å². The van der Waals surface area contributed by atoms with E-state index in [0.717, 1.165) is 18.7 Å². The Bertz CT molecular complexity index is 587. The van der Waals surface area contributed by atoms with E-state index in [2.05, 4.69) is 15.7 Å². The molecule has 2 N–H and O–H groups in total. The van der Waals surface area contributed by atoms with Gasteiger partial charge < -0.3 is 10.6 Å². The zero-order valence-corrected chi connectivity index (χ0v) is 12.0. The molecule has 1 aromatic heterocycles. The third-order valence-electron chi connectivity index (χ3n) is 3.81. The van der Waals surface area contributed by atoms with Gasteiger partial charge in [-0.2, -0.15) is 5.10 Å². The first kappa shape index (κ1) is 13.8. The summed E-state index contributed by atoms with van der Waals surface area (Å²) in [5.74, 6) is -0.0600. The summed E-state index contributed by atoms with van der Waals surface area (Å²) in [6.45, 7) is 1.80. The zero-order chi connectivity index (χ0) is 14.5. The number of nitrogens with one attached hydrogen (secondary N) is 2. The Kier molecular flexibility index (Phi) is 4.31. The van der Waals surface area contributed by atoms with Crippen LogP contribution in [0, 0.1) is 0 Å².